The third-order valence-corrected chi connectivity index (χ3v) is 1.21. The minimum Gasteiger partial charge on any atom is -0.397 e. The van der Waals surface area contributed by atoms with Gasteiger partial charge in [0.2, 0.25) is 0 Å². The fraction of sp³-hybridized carbons (Fsp3) is 0. The first-order valence-corrected chi connectivity index (χ1v) is 2.79. The van der Waals surface area contributed by atoms with E-state index in [0.29, 0.717) is 11.3 Å². The van der Waals surface area contributed by atoms with E-state index in [1.807, 2.05) is 0 Å². The van der Waals surface area contributed by atoms with Crippen molar-refractivity contribution in [3.05, 3.63) is 18.3 Å². The van der Waals surface area contributed by atoms with Crippen LogP contribution in [0.15, 0.2) is 18.3 Å². The molecule has 0 unspecified atom stereocenters. The Kier molecular flexibility index (Phi) is 0.858. The normalized spacial score (nSPS) is 10.4. The number of nitrogens with two attached hydrogens (primary N) is 1. The van der Waals surface area contributed by atoms with Gasteiger partial charge in [0.15, 0.2) is 5.65 Å². The van der Waals surface area contributed by atoms with Crippen LogP contribution < -0.4 is 5.73 Å². The SMILES string of the molecule is Nc1ccc2nnnn2c1. The first-order chi connectivity index (χ1) is 4.86. The monoisotopic (exact) mass is 135 g/mol. The van der Waals surface area contributed by atoms with Crippen LogP contribution in [-0.2, 0) is 0 Å². The molecule has 0 spiro atoms. The first kappa shape index (κ1) is 5.16. The minimum atomic E-state index is 0.653. The second kappa shape index (κ2) is 1.66. The molecule has 0 aliphatic rings. The van der Waals surface area contributed by atoms with Gasteiger partial charge >= 0.3 is 0 Å². The van der Waals surface area contributed by atoms with E-state index in [0.717, 1.165) is 0 Å². The first-order valence-electron chi connectivity index (χ1n) is 2.79. The summed E-state index contributed by atoms with van der Waals surface area (Å²) in [5.41, 5.74) is 6.82. The van der Waals surface area contributed by atoms with Crippen LogP contribution in [0.2, 0.25) is 0 Å². The van der Waals surface area contributed by atoms with E-state index in [-0.39, 0.29) is 0 Å². The highest BCUT2D eigenvalue weighted by atomic mass is 15.5. The number of nitrogens with zero attached hydrogens (tertiary/aromatic N) is 4. The van der Waals surface area contributed by atoms with Crippen molar-refractivity contribution in [2.75, 3.05) is 5.73 Å². The molecule has 5 heteroatoms. The van der Waals surface area contributed by atoms with Gasteiger partial charge in [-0.05, 0) is 22.6 Å². The summed E-state index contributed by atoms with van der Waals surface area (Å²) in [7, 11) is 0. The maximum atomic E-state index is 5.47. The standard InChI is InChI=1S/C5H5N5/c6-4-1-2-5-7-8-9-10(5)3-4/h1-3H,6H2. The van der Waals surface area contributed by atoms with Gasteiger partial charge < -0.3 is 5.73 Å². The van der Waals surface area contributed by atoms with Crippen LogP contribution in [-0.4, -0.2) is 20.0 Å². The van der Waals surface area contributed by atoms with Crippen molar-refractivity contribution in [3.8, 4) is 0 Å². The lowest BCUT2D eigenvalue weighted by molar-refractivity contribution is 0.824. The third kappa shape index (κ3) is 0.604. The summed E-state index contributed by atoms with van der Waals surface area (Å²) in [4.78, 5) is 0. The highest BCUT2D eigenvalue weighted by Crippen LogP contribution is 2.01. The van der Waals surface area contributed by atoms with Crippen molar-refractivity contribution in [3.63, 3.8) is 0 Å². The minimum absolute atomic E-state index is 0.653. The predicted molar refractivity (Wildman–Crippen MR) is 35.2 cm³/mol. The molecule has 0 fully saturated rings. The summed E-state index contributed by atoms with van der Waals surface area (Å²) in [5, 5.41) is 10.8. The molecule has 0 aliphatic heterocycles. The summed E-state index contributed by atoms with van der Waals surface area (Å²) in [6, 6.07) is 3.51. The highest BCUT2D eigenvalue weighted by Gasteiger charge is 1.93. The van der Waals surface area contributed by atoms with Gasteiger partial charge in [-0.1, -0.05) is 0 Å². The van der Waals surface area contributed by atoms with E-state index in [4.69, 9.17) is 5.73 Å². The van der Waals surface area contributed by atoms with Crippen LogP contribution in [0.5, 0.6) is 0 Å². The topological polar surface area (TPSA) is 69.1 Å². The molecule has 0 saturated carbocycles. The largest absolute Gasteiger partial charge is 0.397 e. The Labute approximate surface area is 56.5 Å². The molecule has 2 aromatic rings. The lowest BCUT2D eigenvalue weighted by Crippen LogP contribution is -1.91. The average molecular weight is 135 g/mol. The molecule has 0 saturated heterocycles. The quantitative estimate of drug-likeness (QED) is 0.538. The van der Waals surface area contributed by atoms with Crippen molar-refractivity contribution in [2.45, 2.75) is 0 Å². The van der Waals surface area contributed by atoms with Crippen LogP contribution in [0.1, 0.15) is 0 Å². The summed E-state index contributed by atoms with van der Waals surface area (Å²) in [6.45, 7) is 0. The maximum Gasteiger partial charge on any atom is 0.179 e. The highest BCUT2D eigenvalue weighted by molar-refractivity contribution is 5.44. The molecule has 5 nitrogen and oxygen atoms in total. The van der Waals surface area contributed by atoms with Crippen molar-refractivity contribution < 1.29 is 0 Å². The molecule has 2 heterocycles. The van der Waals surface area contributed by atoms with E-state index >= 15 is 0 Å². The number of rotatable bonds is 0. The van der Waals surface area contributed by atoms with Gasteiger partial charge in [-0.15, -0.1) is 5.10 Å². The van der Waals surface area contributed by atoms with Crippen LogP contribution in [0.3, 0.4) is 0 Å². The summed E-state index contributed by atoms with van der Waals surface area (Å²) < 4.78 is 1.52. The van der Waals surface area contributed by atoms with Gasteiger partial charge in [0.1, 0.15) is 0 Å². The lowest BCUT2D eigenvalue weighted by atomic mass is 10.4. The number of aromatic nitrogens is 4. The van der Waals surface area contributed by atoms with E-state index in [2.05, 4.69) is 15.5 Å². The zero-order valence-electron chi connectivity index (χ0n) is 5.10. The van der Waals surface area contributed by atoms with E-state index in [1.54, 1.807) is 18.3 Å². The van der Waals surface area contributed by atoms with Crippen LogP contribution in [0, 0.1) is 0 Å². The predicted octanol–water partition coefficient (Wildman–Crippen LogP) is -0.294. The van der Waals surface area contributed by atoms with Gasteiger partial charge in [0.25, 0.3) is 0 Å². The maximum absolute atomic E-state index is 5.47. The van der Waals surface area contributed by atoms with Crippen LogP contribution in [0.25, 0.3) is 5.65 Å². The van der Waals surface area contributed by atoms with Gasteiger partial charge in [-0.2, -0.15) is 4.52 Å². The summed E-state index contributed by atoms with van der Waals surface area (Å²) in [5.74, 6) is 0. The Bertz CT molecular complexity index is 352. The molecule has 0 aliphatic carbocycles. The molecule has 2 rings (SSSR count). The molecule has 50 valence electrons. The fourth-order valence-corrected chi connectivity index (χ4v) is 0.757. The van der Waals surface area contributed by atoms with Crippen molar-refractivity contribution in [1.29, 1.82) is 0 Å². The zero-order chi connectivity index (χ0) is 6.97. The summed E-state index contributed by atoms with van der Waals surface area (Å²) >= 11 is 0. The molecule has 2 N–H and O–H groups in total. The fourth-order valence-electron chi connectivity index (χ4n) is 0.757. The Morgan fingerprint density at radius 2 is 2.30 bits per heavy atom. The molecule has 10 heavy (non-hydrogen) atoms. The van der Waals surface area contributed by atoms with Crippen LogP contribution in [0.4, 0.5) is 5.69 Å². The molecule has 0 aromatic carbocycles. The Morgan fingerprint density at radius 3 is 3.20 bits per heavy atom. The van der Waals surface area contributed by atoms with Gasteiger partial charge in [0.05, 0.1) is 11.9 Å². The molecule has 0 amide bonds. The van der Waals surface area contributed by atoms with Gasteiger partial charge in [0, 0.05) is 0 Å². The van der Waals surface area contributed by atoms with Gasteiger partial charge in [-0.3, -0.25) is 0 Å². The molecular formula is C5H5N5. The molecular weight excluding hydrogens is 130 g/mol. The smallest absolute Gasteiger partial charge is 0.179 e. The van der Waals surface area contributed by atoms with E-state index in [9.17, 15) is 0 Å². The number of hydrogen-bond acceptors (Lipinski definition) is 4. The number of hydrogen-bond donors (Lipinski definition) is 1. The number of nitrogen functional groups attached to an aromatic ring is 1. The Morgan fingerprint density at radius 1 is 1.40 bits per heavy atom. The second-order valence-corrected chi connectivity index (χ2v) is 1.94. The Balaban J connectivity index is 2.86. The lowest BCUT2D eigenvalue weighted by Gasteiger charge is -1.89. The van der Waals surface area contributed by atoms with Crippen LogP contribution >= 0.6 is 0 Å². The molecule has 0 atom stereocenters. The average Bonchev–Trinajstić information content (AvgIpc) is 2.33. The van der Waals surface area contributed by atoms with Gasteiger partial charge in [-0.25, -0.2) is 0 Å². The number of tetrazole rings is 1. The summed E-state index contributed by atoms with van der Waals surface area (Å²) in [6.07, 6.45) is 1.66. The van der Waals surface area contributed by atoms with Crippen molar-refractivity contribution in [2.24, 2.45) is 0 Å². The number of fused-ring (bicyclic) bond motifs is 1. The number of pyridine rings is 1. The third-order valence-electron chi connectivity index (χ3n) is 1.21. The van der Waals surface area contributed by atoms with Crippen molar-refractivity contribution >= 4 is 11.3 Å². The van der Waals surface area contributed by atoms with E-state index in [1.165, 1.54) is 4.52 Å². The second-order valence-electron chi connectivity index (χ2n) is 1.94. The number of anilines is 1. The zero-order valence-corrected chi connectivity index (χ0v) is 5.10. The molecule has 2 aromatic heterocycles. The van der Waals surface area contributed by atoms with E-state index < -0.39 is 0 Å². The molecule has 0 radical (unpaired) electrons. The van der Waals surface area contributed by atoms with Crippen molar-refractivity contribution in [1.82, 2.24) is 20.0 Å². The Hall–Kier alpha value is -1.65. The molecule has 0 bridgehead atoms.